The summed E-state index contributed by atoms with van der Waals surface area (Å²) < 4.78 is 15.6. The van der Waals surface area contributed by atoms with Crippen LogP contribution < -0.4 is 9.47 Å². The van der Waals surface area contributed by atoms with E-state index in [0.29, 0.717) is 29.2 Å². The van der Waals surface area contributed by atoms with E-state index in [0.717, 1.165) is 0 Å². The van der Waals surface area contributed by atoms with Gasteiger partial charge in [0, 0.05) is 19.0 Å². The maximum absolute atomic E-state index is 12.7. The highest BCUT2D eigenvalue weighted by atomic mass is 16.5. The number of methoxy groups -OCH3 is 2. The van der Waals surface area contributed by atoms with Crippen LogP contribution in [0.3, 0.4) is 0 Å². The van der Waals surface area contributed by atoms with Crippen molar-refractivity contribution in [2.24, 2.45) is 0 Å². The maximum Gasteiger partial charge on any atom is 0.323 e. The molecule has 2 aromatic rings. The molecular weight excluding hydrogens is 328 g/mol. The summed E-state index contributed by atoms with van der Waals surface area (Å²) in [4.78, 5) is 29.0. The molecule has 8 heteroatoms. The van der Waals surface area contributed by atoms with Gasteiger partial charge in [-0.05, 0) is 17.7 Å². The van der Waals surface area contributed by atoms with Gasteiger partial charge in [-0.1, -0.05) is 6.92 Å². The minimum absolute atomic E-state index is 0.0642. The number of benzene rings is 1. The SMILES string of the molecule is CCc1ocnc1C(=O)N(CC(=O)O)Cc1cc(OC)cc(OC)c1. The number of amides is 1. The van der Waals surface area contributed by atoms with Crippen LogP contribution in [0.5, 0.6) is 11.5 Å². The average molecular weight is 348 g/mol. The summed E-state index contributed by atoms with van der Waals surface area (Å²) in [6, 6.07) is 5.13. The Morgan fingerprint density at radius 2 is 1.84 bits per heavy atom. The van der Waals surface area contributed by atoms with Crippen molar-refractivity contribution in [1.29, 1.82) is 0 Å². The van der Waals surface area contributed by atoms with E-state index in [-0.39, 0.29) is 12.2 Å². The van der Waals surface area contributed by atoms with Crippen LogP contribution in [0.15, 0.2) is 29.0 Å². The lowest BCUT2D eigenvalue weighted by Crippen LogP contribution is -2.35. The number of oxazole rings is 1. The summed E-state index contributed by atoms with van der Waals surface area (Å²) in [5.41, 5.74) is 0.797. The first-order chi connectivity index (χ1) is 12.0. The van der Waals surface area contributed by atoms with Crippen LogP contribution in [-0.4, -0.2) is 47.6 Å². The topological polar surface area (TPSA) is 102 Å². The zero-order valence-corrected chi connectivity index (χ0v) is 14.3. The van der Waals surface area contributed by atoms with Gasteiger partial charge < -0.3 is 23.9 Å². The summed E-state index contributed by atoms with van der Waals surface area (Å²) in [5, 5.41) is 9.15. The fraction of sp³-hybridized carbons (Fsp3) is 0.353. The van der Waals surface area contributed by atoms with E-state index in [1.165, 1.54) is 25.5 Å². The molecule has 1 aromatic carbocycles. The van der Waals surface area contributed by atoms with Gasteiger partial charge in [0.25, 0.3) is 5.91 Å². The zero-order valence-electron chi connectivity index (χ0n) is 14.3. The van der Waals surface area contributed by atoms with Gasteiger partial charge in [0.2, 0.25) is 0 Å². The molecule has 0 spiro atoms. The first-order valence-electron chi connectivity index (χ1n) is 7.63. The summed E-state index contributed by atoms with van der Waals surface area (Å²) in [5.74, 6) is -0.108. The molecule has 1 heterocycles. The van der Waals surface area contributed by atoms with E-state index >= 15 is 0 Å². The molecule has 134 valence electrons. The molecule has 1 amide bonds. The predicted molar refractivity (Wildman–Crippen MR) is 87.8 cm³/mol. The Morgan fingerprint density at radius 3 is 2.36 bits per heavy atom. The molecule has 0 aliphatic carbocycles. The van der Waals surface area contributed by atoms with Gasteiger partial charge in [-0.3, -0.25) is 9.59 Å². The van der Waals surface area contributed by atoms with Gasteiger partial charge >= 0.3 is 5.97 Å². The third kappa shape index (κ3) is 4.50. The smallest absolute Gasteiger partial charge is 0.323 e. The molecule has 0 saturated heterocycles. The number of carbonyl (C=O) groups excluding carboxylic acids is 1. The number of ether oxygens (including phenoxy) is 2. The summed E-state index contributed by atoms with van der Waals surface area (Å²) in [7, 11) is 3.03. The Labute approximate surface area is 145 Å². The quantitative estimate of drug-likeness (QED) is 0.778. The summed E-state index contributed by atoms with van der Waals surface area (Å²) in [6.07, 6.45) is 1.66. The number of carboxylic acid groups (broad SMARTS) is 1. The van der Waals surface area contributed by atoms with E-state index in [9.17, 15) is 9.59 Å². The number of rotatable bonds is 8. The molecule has 0 bridgehead atoms. The monoisotopic (exact) mass is 348 g/mol. The van der Waals surface area contributed by atoms with Crippen molar-refractivity contribution in [3.05, 3.63) is 41.6 Å². The van der Waals surface area contributed by atoms with Crippen molar-refractivity contribution in [3.8, 4) is 11.5 Å². The van der Waals surface area contributed by atoms with Gasteiger partial charge in [0.05, 0.1) is 14.2 Å². The molecule has 25 heavy (non-hydrogen) atoms. The number of carbonyl (C=O) groups is 2. The van der Waals surface area contributed by atoms with E-state index in [1.807, 2.05) is 6.92 Å². The number of nitrogens with zero attached hydrogens (tertiary/aromatic N) is 2. The van der Waals surface area contributed by atoms with Crippen LogP contribution in [-0.2, 0) is 17.8 Å². The Bertz CT molecular complexity index is 733. The van der Waals surface area contributed by atoms with Gasteiger partial charge in [-0.2, -0.15) is 0 Å². The van der Waals surface area contributed by atoms with E-state index < -0.39 is 18.4 Å². The van der Waals surface area contributed by atoms with Crippen molar-refractivity contribution >= 4 is 11.9 Å². The average Bonchev–Trinajstić information content (AvgIpc) is 3.08. The van der Waals surface area contributed by atoms with Gasteiger partial charge in [0.15, 0.2) is 12.1 Å². The Hall–Kier alpha value is -3.03. The van der Waals surface area contributed by atoms with Crippen LogP contribution in [0.25, 0.3) is 0 Å². The molecule has 2 rings (SSSR count). The largest absolute Gasteiger partial charge is 0.497 e. The third-order valence-electron chi connectivity index (χ3n) is 3.56. The van der Waals surface area contributed by atoms with Crippen molar-refractivity contribution in [3.63, 3.8) is 0 Å². The number of hydrogen-bond donors (Lipinski definition) is 1. The van der Waals surface area contributed by atoms with Crippen molar-refractivity contribution < 1.29 is 28.6 Å². The van der Waals surface area contributed by atoms with Gasteiger partial charge in [-0.25, -0.2) is 4.98 Å². The lowest BCUT2D eigenvalue weighted by atomic mass is 10.1. The molecular formula is C17H20N2O6. The minimum atomic E-state index is -1.12. The number of aliphatic carboxylic acids is 1. The second-order valence-electron chi connectivity index (χ2n) is 5.25. The van der Waals surface area contributed by atoms with Crippen LogP contribution >= 0.6 is 0 Å². The molecule has 0 aliphatic rings. The molecule has 0 atom stereocenters. The Morgan fingerprint density at radius 1 is 1.20 bits per heavy atom. The number of aromatic nitrogens is 1. The standard InChI is InChI=1S/C17H20N2O6/c1-4-14-16(18-10-25-14)17(22)19(9-15(20)21)8-11-5-12(23-2)7-13(6-11)24-3/h5-7,10H,4,8-9H2,1-3H3,(H,20,21). The van der Waals surface area contributed by atoms with Crippen LogP contribution in [0.2, 0.25) is 0 Å². The Kier molecular flexibility index (Phi) is 5.99. The lowest BCUT2D eigenvalue weighted by Gasteiger charge is -2.21. The lowest BCUT2D eigenvalue weighted by molar-refractivity contribution is -0.137. The molecule has 0 radical (unpaired) electrons. The van der Waals surface area contributed by atoms with E-state index in [2.05, 4.69) is 4.98 Å². The first-order valence-corrected chi connectivity index (χ1v) is 7.63. The number of aryl methyl sites for hydroxylation is 1. The molecule has 0 fully saturated rings. The maximum atomic E-state index is 12.7. The van der Waals surface area contributed by atoms with Crippen LogP contribution in [0.1, 0.15) is 28.7 Å². The number of carboxylic acids is 1. The fourth-order valence-electron chi connectivity index (χ4n) is 2.39. The normalized spacial score (nSPS) is 10.4. The van der Waals surface area contributed by atoms with Crippen LogP contribution in [0, 0.1) is 0 Å². The minimum Gasteiger partial charge on any atom is -0.497 e. The molecule has 1 aromatic heterocycles. The Balaban J connectivity index is 2.32. The van der Waals surface area contributed by atoms with Crippen LogP contribution in [0.4, 0.5) is 0 Å². The highest BCUT2D eigenvalue weighted by molar-refractivity contribution is 5.94. The summed E-state index contributed by atoms with van der Waals surface area (Å²) >= 11 is 0. The van der Waals surface area contributed by atoms with E-state index in [4.69, 9.17) is 19.0 Å². The fourth-order valence-corrected chi connectivity index (χ4v) is 2.39. The summed E-state index contributed by atoms with van der Waals surface area (Å²) in [6.45, 7) is 1.43. The second kappa shape index (κ2) is 8.18. The van der Waals surface area contributed by atoms with E-state index in [1.54, 1.807) is 18.2 Å². The predicted octanol–water partition coefficient (Wildman–Crippen LogP) is 1.98. The van der Waals surface area contributed by atoms with Gasteiger partial charge in [-0.15, -0.1) is 0 Å². The molecule has 0 unspecified atom stereocenters. The second-order valence-corrected chi connectivity index (χ2v) is 5.25. The highest BCUT2D eigenvalue weighted by Gasteiger charge is 2.24. The van der Waals surface area contributed by atoms with Gasteiger partial charge in [0.1, 0.15) is 23.8 Å². The third-order valence-corrected chi connectivity index (χ3v) is 3.56. The molecule has 0 saturated carbocycles. The zero-order chi connectivity index (χ0) is 18.4. The molecule has 8 nitrogen and oxygen atoms in total. The first kappa shape index (κ1) is 18.3. The van der Waals surface area contributed by atoms with Crippen molar-refractivity contribution in [1.82, 2.24) is 9.88 Å². The molecule has 1 N–H and O–H groups in total. The van der Waals surface area contributed by atoms with Crippen molar-refractivity contribution in [2.45, 2.75) is 19.9 Å². The molecule has 0 aliphatic heterocycles. The number of hydrogen-bond acceptors (Lipinski definition) is 6. The van der Waals surface area contributed by atoms with Crippen molar-refractivity contribution in [2.75, 3.05) is 20.8 Å². The highest BCUT2D eigenvalue weighted by Crippen LogP contribution is 2.24.